The second kappa shape index (κ2) is 11.1. The van der Waals surface area contributed by atoms with Crippen LogP contribution in [0.2, 0.25) is 0 Å². The first-order valence-corrected chi connectivity index (χ1v) is 10.6. The molecule has 1 heterocycles. The van der Waals surface area contributed by atoms with E-state index in [9.17, 15) is 22.4 Å². The summed E-state index contributed by atoms with van der Waals surface area (Å²) < 4.78 is 58.0. The number of nitrogens with zero attached hydrogens (tertiary/aromatic N) is 1. The van der Waals surface area contributed by atoms with Crippen molar-refractivity contribution in [3.63, 3.8) is 0 Å². The largest absolute Gasteiger partial charge is 0.494 e. The maximum absolute atomic E-state index is 14.0. The second-order valence-electron chi connectivity index (χ2n) is 7.62. The van der Waals surface area contributed by atoms with E-state index in [1.807, 2.05) is 30.3 Å². The van der Waals surface area contributed by atoms with Gasteiger partial charge in [0.2, 0.25) is 5.91 Å². The Morgan fingerprint density at radius 3 is 2.32 bits per heavy atom. The van der Waals surface area contributed by atoms with Gasteiger partial charge >= 0.3 is 6.18 Å². The molecule has 2 aromatic carbocycles. The summed E-state index contributed by atoms with van der Waals surface area (Å²) in [5, 5.41) is 5.85. The van der Waals surface area contributed by atoms with E-state index in [0.717, 1.165) is 11.6 Å². The summed E-state index contributed by atoms with van der Waals surface area (Å²) in [6.45, 7) is 0.346. The topological polar surface area (TPSA) is 63.2 Å². The number of hydrogen-bond donors (Lipinski definition) is 2. The summed E-state index contributed by atoms with van der Waals surface area (Å²) in [4.78, 5) is 16.0. The lowest BCUT2D eigenvalue weighted by Crippen LogP contribution is -2.36. The quantitative estimate of drug-likeness (QED) is 0.435. The number of methoxy groups -OCH3 is 1. The monoisotopic (exact) mass is 475 g/mol. The van der Waals surface area contributed by atoms with Crippen molar-refractivity contribution in [1.82, 2.24) is 15.6 Å². The van der Waals surface area contributed by atoms with Gasteiger partial charge in [0.15, 0.2) is 11.6 Å². The predicted molar refractivity (Wildman–Crippen MR) is 120 cm³/mol. The summed E-state index contributed by atoms with van der Waals surface area (Å²) >= 11 is 0. The molecule has 1 aromatic heterocycles. The Labute approximate surface area is 195 Å². The molecule has 0 unspecified atom stereocenters. The van der Waals surface area contributed by atoms with Gasteiger partial charge in [-0.15, -0.1) is 0 Å². The molecule has 180 valence electrons. The molecule has 5 nitrogen and oxygen atoms in total. The fourth-order valence-corrected chi connectivity index (χ4v) is 3.72. The molecule has 9 heteroatoms. The molecule has 0 spiro atoms. The molecule has 2 N–H and O–H groups in total. The van der Waals surface area contributed by atoms with E-state index in [-0.39, 0.29) is 11.7 Å². The molecule has 0 aliphatic carbocycles. The van der Waals surface area contributed by atoms with Gasteiger partial charge in [-0.1, -0.05) is 42.5 Å². The van der Waals surface area contributed by atoms with Gasteiger partial charge in [-0.3, -0.25) is 9.78 Å². The van der Waals surface area contributed by atoms with Crippen molar-refractivity contribution in [3.05, 3.63) is 95.1 Å². The second-order valence-corrected chi connectivity index (χ2v) is 7.62. The van der Waals surface area contributed by atoms with Crippen LogP contribution in [0.25, 0.3) is 0 Å². The van der Waals surface area contributed by atoms with Gasteiger partial charge in [0.1, 0.15) is 11.7 Å². The average molecular weight is 475 g/mol. The number of pyridine rings is 1. The van der Waals surface area contributed by atoms with Crippen molar-refractivity contribution in [2.24, 2.45) is 0 Å². The number of aromatic nitrogens is 1. The number of nitrogens with one attached hydrogen (secondary N) is 2. The summed E-state index contributed by atoms with van der Waals surface area (Å²) in [6, 6.07) is 15.2. The van der Waals surface area contributed by atoms with E-state index >= 15 is 0 Å². The minimum atomic E-state index is -4.55. The lowest BCUT2D eigenvalue weighted by Gasteiger charge is -2.22. The molecule has 1 amide bonds. The van der Waals surface area contributed by atoms with Gasteiger partial charge < -0.3 is 15.4 Å². The number of benzene rings is 2. The van der Waals surface area contributed by atoms with Gasteiger partial charge in [-0.2, -0.15) is 13.2 Å². The van der Waals surface area contributed by atoms with E-state index in [2.05, 4.69) is 15.6 Å². The number of amides is 1. The van der Waals surface area contributed by atoms with Gasteiger partial charge in [-0.25, -0.2) is 4.39 Å². The van der Waals surface area contributed by atoms with Crippen molar-refractivity contribution in [2.75, 3.05) is 20.7 Å². The van der Waals surface area contributed by atoms with Crippen LogP contribution in [0.1, 0.15) is 40.8 Å². The Bertz CT molecular complexity index is 1090. The first kappa shape index (κ1) is 25.2. The van der Waals surface area contributed by atoms with E-state index < -0.39 is 29.6 Å². The summed E-state index contributed by atoms with van der Waals surface area (Å²) in [5.41, 5.74) is 0.962. The molecular weight excluding hydrogens is 450 g/mol. The Hall–Kier alpha value is -3.46. The summed E-state index contributed by atoms with van der Waals surface area (Å²) in [6.07, 6.45) is -2.97. The van der Waals surface area contributed by atoms with Crippen molar-refractivity contribution in [2.45, 2.75) is 24.6 Å². The van der Waals surface area contributed by atoms with Crippen LogP contribution < -0.4 is 15.4 Å². The normalized spacial score (nSPS) is 13.2. The van der Waals surface area contributed by atoms with Crippen LogP contribution in [0.3, 0.4) is 0 Å². The van der Waals surface area contributed by atoms with E-state index in [1.165, 1.54) is 31.5 Å². The third kappa shape index (κ3) is 6.11. The lowest BCUT2D eigenvalue weighted by molar-refractivity contribution is -0.141. The number of carbonyl (C=O) groups excluding carboxylic acids is 1. The zero-order valence-corrected chi connectivity index (χ0v) is 18.7. The summed E-state index contributed by atoms with van der Waals surface area (Å²) in [5.74, 6) is -1.15. The predicted octanol–water partition coefficient (Wildman–Crippen LogP) is 4.85. The number of alkyl halides is 3. The highest BCUT2D eigenvalue weighted by Gasteiger charge is 2.32. The highest BCUT2D eigenvalue weighted by atomic mass is 19.4. The molecule has 0 aliphatic rings. The van der Waals surface area contributed by atoms with Crippen molar-refractivity contribution in [1.29, 1.82) is 0 Å². The van der Waals surface area contributed by atoms with Crippen LogP contribution >= 0.6 is 0 Å². The number of halogens is 4. The highest BCUT2D eigenvalue weighted by molar-refractivity contribution is 5.82. The van der Waals surface area contributed by atoms with E-state index in [4.69, 9.17) is 4.74 Å². The Morgan fingerprint density at radius 1 is 1.03 bits per heavy atom. The fraction of sp³-hybridized carbons (Fsp3) is 0.280. The molecule has 0 saturated carbocycles. The molecule has 0 bridgehead atoms. The Balaban J connectivity index is 1.87. The third-order valence-electron chi connectivity index (χ3n) is 5.48. The standard InChI is InChI=1S/C25H25F4N3O2/c1-30-24(33)23(16-6-4-3-5-7-16)31-13-12-19(17-8-10-20(26)21(14-17)34-2)18-9-11-22(32-15-18)25(27,28)29/h3-11,14-15,19,23,31H,12-13H2,1-2H3,(H,30,33)/t19-,23-/m1/s1. The van der Waals surface area contributed by atoms with Crippen LogP contribution in [0.15, 0.2) is 66.9 Å². The van der Waals surface area contributed by atoms with Gasteiger partial charge in [0.25, 0.3) is 0 Å². The van der Waals surface area contributed by atoms with Crippen molar-refractivity contribution >= 4 is 5.91 Å². The molecular formula is C25H25F4N3O2. The summed E-state index contributed by atoms with van der Waals surface area (Å²) in [7, 11) is 2.88. The number of likely N-dealkylation sites (N-methyl/N-ethyl adjacent to an activating group) is 1. The molecule has 0 saturated heterocycles. The van der Waals surface area contributed by atoms with Crippen molar-refractivity contribution < 1.29 is 27.1 Å². The average Bonchev–Trinajstić information content (AvgIpc) is 2.84. The van der Waals surface area contributed by atoms with Crippen molar-refractivity contribution in [3.8, 4) is 5.75 Å². The van der Waals surface area contributed by atoms with E-state index in [0.29, 0.717) is 24.1 Å². The molecule has 0 aliphatic heterocycles. The maximum Gasteiger partial charge on any atom is 0.433 e. The third-order valence-corrected chi connectivity index (χ3v) is 5.48. The fourth-order valence-electron chi connectivity index (χ4n) is 3.72. The molecule has 3 rings (SSSR count). The SMILES string of the molecule is CNC(=O)[C@H](NCC[C@@H](c1ccc(C(F)(F)F)nc1)c1ccc(F)c(OC)c1)c1ccccc1. The molecule has 3 aromatic rings. The number of ether oxygens (including phenoxy) is 1. The van der Waals surface area contributed by atoms with E-state index in [1.54, 1.807) is 13.1 Å². The first-order valence-electron chi connectivity index (χ1n) is 10.6. The van der Waals surface area contributed by atoms with Gasteiger partial charge in [0, 0.05) is 19.2 Å². The van der Waals surface area contributed by atoms with Crippen LogP contribution in [-0.4, -0.2) is 31.6 Å². The molecule has 34 heavy (non-hydrogen) atoms. The number of hydrogen-bond acceptors (Lipinski definition) is 4. The zero-order valence-electron chi connectivity index (χ0n) is 18.7. The number of carbonyl (C=O) groups is 1. The van der Waals surface area contributed by atoms with Crippen LogP contribution in [0.5, 0.6) is 5.75 Å². The highest BCUT2D eigenvalue weighted by Crippen LogP contribution is 2.33. The minimum absolute atomic E-state index is 0.0304. The van der Waals surface area contributed by atoms with Gasteiger partial charge in [-0.05, 0) is 47.9 Å². The first-order chi connectivity index (χ1) is 16.2. The number of rotatable bonds is 9. The molecule has 2 atom stereocenters. The minimum Gasteiger partial charge on any atom is -0.494 e. The molecule has 0 fully saturated rings. The smallest absolute Gasteiger partial charge is 0.433 e. The Kier molecular flexibility index (Phi) is 8.22. The molecule has 0 radical (unpaired) electrons. The zero-order chi connectivity index (χ0) is 24.7. The van der Waals surface area contributed by atoms with Gasteiger partial charge in [0.05, 0.1) is 7.11 Å². The van der Waals surface area contributed by atoms with Crippen LogP contribution in [0, 0.1) is 5.82 Å². The van der Waals surface area contributed by atoms with Crippen LogP contribution in [0.4, 0.5) is 17.6 Å². The maximum atomic E-state index is 14.0. The Morgan fingerprint density at radius 2 is 1.74 bits per heavy atom. The lowest BCUT2D eigenvalue weighted by atomic mass is 9.89. The van der Waals surface area contributed by atoms with Crippen LogP contribution in [-0.2, 0) is 11.0 Å².